The third-order valence-corrected chi connectivity index (χ3v) is 5.90. The van der Waals surface area contributed by atoms with Gasteiger partial charge in [-0.1, -0.05) is 0 Å². The maximum absolute atomic E-state index is 13.2. The number of fused-ring (bicyclic) bond motifs is 1. The lowest BCUT2D eigenvalue weighted by molar-refractivity contribution is -0.387. The van der Waals surface area contributed by atoms with E-state index in [2.05, 4.69) is 0 Å². The molecule has 1 unspecified atom stereocenters. The molecule has 4 rings (SSSR count). The molecule has 3 aromatic rings. The van der Waals surface area contributed by atoms with Crippen LogP contribution in [0.5, 0.6) is 40.2 Å². The largest absolute Gasteiger partial charge is 0.504 e. The summed E-state index contributed by atoms with van der Waals surface area (Å²) in [6.45, 7) is -0.722. The van der Waals surface area contributed by atoms with Crippen LogP contribution in [0.2, 0.25) is 0 Å². The lowest BCUT2D eigenvalue weighted by Gasteiger charge is -2.38. The van der Waals surface area contributed by atoms with E-state index in [9.17, 15) is 45.6 Å². The standard InChI is InChI=1S/C23H24O15/c1-33-21-10(37-38-23-19(32)18(31)15(28)11(6-24)36-23)5-9-12(16(21)29)17(30)22(34-2)20(35-9)7-3-4-8(25)14(27)13(7)26/h3-5,11,15,18-19,23-29,31-32H,6H2,1-2H3/t11-,15-,18+,19-,23?/m1/s1. The molecule has 15 heteroatoms. The molecule has 1 saturated heterocycles. The van der Waals surface area contributed by atoms with E-state index < -0.39 is 88.4 Å². The van der Waals surface area contributed by atoms with Gasteiger partial charge in [-0.2, -0.15) is 4.89 Å². The lowest BCUT2D eigenvalue weighted by Crippen LogP contribution is -2.59. The predicted molar refractivity (Wildman–Crippen MR) is 123 cm³/mol. The Morgan fingerprint density at radius 2 is 1.58 bits per heavy atom. The first-order valence-corrected chi connectivity index (χ1v) is 10.9. The molecule has 0 saturated carbocycles. The molecule has 0 amide bonds. The molecule has 2 aromatic carbocycles. The van der Waals surface area contributed by atoms with Gasteiger partial charge in [-0.3, -0.25) is 4.79 Å². The Bertz CT molecular complexity index is 1400. The van der Waals surface area contributed by atoms with Crippen LogP contribution >= 0.6 is 0 Å². The Labute approximate surface area is 212 Å². The zero-order valence-electron chi connectivity index (χ0n) is 19.8. The van der Waals surface area contributed by atoms with Crippen LogP contribution in [0.1, 0.15) is 0 Å². The summed E-state index contributed by atoms with van der Waals surface area (Å²) in [6, 6.07) is 3.21. The number of ether oxygens (including phenoxy) is 3. The van der Waals surface area contributed by atoms with Crippen LogP contribution in [-0.2, 0) is 9.62 Å². The summed E-state index contributed by atoms with van der Waals surface area (Å²) in [5, 5.41) is 79.5. The van der Waals surface area contributed by atoms with Crippen LogP contribution in [0.25, 0.3) is 22.3 Å². The molecule has 0 spiro atoms. The van der Waals surface area contributed by atoms with Gasteiger partial charge >= 0.3 is 0 Å². The van der Waals surface area contributed by atoms with Gasteiger partial charge < -0.3 is 64.4 Å². The summed E-state index contributed by atoms with van der Waals surface area (Å²) in [4.78, 5) is 23.4. The van der Waals surface area contributed by atoms with E-state index in [-0.39, 0.29) is 16.9 Å². The zero-order valence-corrected chi connectivity index (χ0v) is 19.8. The number of aromatic hydroxyl groups is 4. The molecule has 2 heterocycles. The Balaban J connectivity index is 1.81. The second kappa shape index (κ2) is 10.4. The van der Waals surface area contributed by atoms with E-state index >= 15 is 0 Å². The van der Waals surface area contributed by atoms with Crippen molar-refractivity contribution in [3.63, 3.8) is 0 Å². The first-order valence-electron chi connectivity index (χ1n) is 10.9. The molecule has 0 aliphatic carbocycles. The van der Waals surface area contributed by atoms with E-state index in [0.29, 0.717) is 0 Å². The molecule has 8 N–H and O–H groups in total. The molecule has 1 fully saturated rings. The minimum absolute atomic E-state index is 0.244. The lowest BCUT2D eigenvalue weighted by atomic mass is 9.99. The van der Waals surface area contributed by atoms with Crippen molar-refractivity contribution in [2.45, 2.75) is 30.7 Å². The fourth-order valence-electron chi connectivity index (χ4n) is 3.90. The summed E-state index contributed by atoms with van der Waals surface area (Å²) >= 11 is 0. The maximum atomic E-state index is 13.2. The SMILES string of the molecule is COc1c(OOC2O[C@H](CO)[C@@H](O)[C@H](O)[C@H]2O)cc2oc(-c3ccc(O)c(O)c3O)c(OC)c(=O)c2c1O. The average Bonchev–Trinajstić information content (AvgIpc) is 2.90. The Morgan fingerprint density at radius 3 is 2.21 bits per heavy atom. The molecule has 38 heavy (non-hydrogen) atoms. The number of methoxy groups -OCH3 is 2. The minimum Gasteiger partial charge on any atom is -0.504 e. The highest BCUT2D eigenvalue weighted by atomic mass is 17.2. The van der Waals surface area contributed by atoms with Crippen LogP contribution in [-0.4, -0.2) is 92.4 Å². The molecule has 1 aliphatic heterocycles. The highest BCUT2D eigenvalue weighted by Gasteiger charge is 2.45. The van der Waals surface area contributed by atoms with Gasteiger partial charge in [-0.25, -0.2) is 0 Å². The number of benzene rings is 2. The Morgan fingerprint density at radius 1 is 0.895 bits per heavy atom. The fourth-order valence-corrected chi connectivity index (χ4v) is 3.90. The van der Waals surface area contributed by atoms with Gasteiger partial charge in [0.25, 0.3) is 0 Å². The predicted octanol–water partition coefficient (Wildman–Crippen LogP) is -0.590. The zero-order chi connectivity index (χ0) is 27.9. The van der Waals surface area contributed by atoms with Gasteiger partial charge in [-0.05, 0) is 12.1 Å². The number of hydrogen-bond donors (Lipinski definition) is 8. The average molecular weight is 540 g/mol. The van der Waals surface area contributed by atoms with E-state index in [1.54, 1.807) is 0 Å². The number of phenolic OH excluding ortho intramolecular Hbond substituents is 4. The number of rotatable bonds is 7. The maximum Gasteiger partial charge on any atom is 0.239 e. The molecular formula is C23H24O15. The number of phenols is 4. The molecule has 15 nitrogen and oxygen atoms in total. The molecule has 5 atom stereocenters. The number of aliphatic hydroxyl groups is 4. The molecule has 0 bridgehead atoms. The minimum atomic E-state index is -1.81. The van der Waals surface area contributed by atoms with Crippen LogP contribution in [0.15, 0.2) is 27.4 Å². The summed E-state index contributed by atoms with van der Waals surface area (Å²) in [7, 11) is 2.26. The third-order valence-electron chi connectivity index (χ3n) is 5.90. The monoisotopic (exact) mass is 540 g/mol. The molecular weight excluding hydrogens is 516 g/mol. The van der Waals surface area contributed by atoms with Gasteiger partial charge in [0.1, 0.15) is 35.4 Å². The van der Waals surface area contributed by atoms with E-state index in [1.807, 2.05) is 0 Å². The van der Waals surface area contributed by atoms with E-state index in [4.69, 9.17) is 28.4 Å². The quantitative estimate of drug-likeness (QED) is 0.106. The van der Waals surface area contributed by atoms with Crippen molar-refractivity contribution in [1.82, 2.24) is 0 Å². The van der Waals surface area contributed by atoms with E-state index in [1.165, 1.54) is 0 Å². The van der Waals surface area contributed by atoms with Crippen molar-refractivity contribution in [1.29, 1.82) is 0 Å². The van der Waals surface area contributed by atoms with Gasteiger partial charge in [0.15, 0.2) is 23.0 Å². The summed E-state index contributed by atoms with van der Waals surface area (Å²) in [5.41, 5.74) is -1.50. The fraction of sp³-hybridized carbons (Fsp3) is 0.348. The first kappa shape index (κ1) is 27.1. The highest BCUT2D eigenvalue weighted by molar-refractivity contribution is 5.92. The van der Waals surface area contributed by atoms with Crippen molar-refractivity contribution in [3.8, 4) is 51.6 Å². The van der Waals surface area contributed by atoms with Crippen molar-refractivity contribution in [3.05, 3.63) is 28.4 Å². The van der Waals surface area contributed by atoms with Gasteiger partial charge in [0.05, 0.1) is 26.4 Å². The van der Waals surface area contributed by atoms with Gasteiger partial charge in [0.2, 0.25) is 34.7 Å². The summed E-state index contributed by atoms with van der Waals surface area (Å²) in [6.07, 6.45) is -8.23. The van der Waals surface area contributed by atoms with Crippen molar-refractivity contribution in [2.75, 3.05) is 20.8 Å². The normalized spacial score (nSPS) is 23.4. The summed E-state index contributed by atoms with van der Waals surface area (Å²) in [5.74, 6) is -4.82. The molecule has 206 valence electrons. The van der Waals surface area contributed by atoms with Crippen LogP contribution in [0.4, 0.5) is 0 Å². The second-order valence-electron chi connectivity index (χ2n) is 8.13. The Kier molecular flexibility index (Phi) is 7.41. The van der Waals surface area contributed by atoms with Crippen LogP contribution in [0, 0.1) is 0 Å². The van der Waals surface area contributed by atoms with Gasteiger partial charge in [-0.15, -0.1) is 0 Å². The van der Waals surface area contributed by atoms with Crippen molar-refractivity contribution < 1.29 is 69.3 Å². The van der Waals surface area contributed by atoms with Crippen molar-refractivity contribution in [2.24, 2.45) is 0 Å². The first-order chi connectivity index (χ1) is 18.0. The third kappa shape index (κ3) is 4.36. The highest BCUT2D eigenvalue weighted by Crippen LogP contribution is 2.47. The molecule has 1 aromatic heterocycles. The van der Waals surface area contributed by atoms with Crippen molar-refractivity contribution >= 4 is 11.0 Å². The Hall–Kier alpha value is -3.99. The second-order valence-corrected chi connectivity index (χ2v) is 8.13. The number of aliphatic hydroxyl groups excluding tert-OH is 4. The van der Waals surface area contributed by atoms with Crippen LogP contribution < -0.4 is 19.8 Å². The molecule has 0 radical (unpaired) electrons. The smallest absolute Gasteiger partial charge is 0.239 e. The van der Waals surface area contributed by atoms with E-state index in [0.717, 1.165) is 32.4 Å². The van der Waals surface area contributed by atoms with Crippen LogP contribution in [0.3, 0.4) is 0 Å². The summed E-state index contributed by atoms with van der Waals surface area (Å²) < 4.78 is 21.1. The molecule has 1 aliphatic rings. The number of hydrogen-bond acceptors (Lipinski definition) is 15. The van der Waals surface area contributed by atoms with Gasteiger partial charge in [0, 0.05) is 6.07 Å². The topological polar surface area (TPSA) is 238 Å².